The second-order valence-electron chi connectivity index (χ2n) is 5.72. The van der Waals surface area contributed by atoms with Crippen molar-refractivity contribution in [2.24, 2.45) is 4.36 Å². The van der Waals surface area contributed by atoms with Gasteiger partial charge in [-0.2, -0.15) is 12.8 Å². The molecule has 1 aliphatic carbocycles. The van der Waals surface area contributed by atoms with Gasteiger partial charge in [-0.15, -0.1) is 0 Å². The van der Waals surface area contributed by atoms with E-state index in [9.17, 15) is 8.42 Å². The van der Waals surface area contributed by atoms with E-state index in [1.165, 1.54) is 5.56 Å². The van der Waals surface area contributed by atoms with E-state index in [0.29, 0.717) is 6.10 Å². The molecule has 1 saturated carbocycles. The molecule has 5 heteroatoms. The standard InChI is InChI=1S/C16H23NO3S/c1-3-14(20-2)10-7-11-16(12-15(16)17-21(18)19)13-8-5-4-6-9-13/h4-6,8-9,14-15H,3,7,10-12H2,1-2H3. The molecule has 0 heterocycles. The molecule has 116 valence electrons. The Bertz CT molecular complexity index is 573. The molecule has 3 atom stereocenters. The zero-order chi connectivity index (χ0) is 15.3. The molecule has 1 fully saturated rings. The summed E-state index contributed by atoms with van der Waals surface area (Å²) in [6.07, 6.45) is 5.12. The fraction of sp³-hybridized carbons (Fsp3) is 0.625. The third kappa shape index (κ3) is 3.92. The zero-order valence-corrected chi connectivity index (χ0v) is 13.5. The van der Waals surface area contributed by atoms with Crippen molar-refractivity contribution in [1.29, 1.82) is 0 Å². The molecular formula is C16H23NO3S. The van der Waals surface area contributed by atoms with Gasteiger partial charge in [0.25, 0.3) is 0 Å². The van der Waals surface area contributed by atoms with Crippen LogP contribution in [-0.4, -0.2) is 27.7 Å². The summed E-state index contributed by atoms with van der Waals surface area (Å²) in [4.78, 5) is 0. The first-order valence-electron chi connectivity index (χ1n) is 7.51. The molecule has 0 radical (unpaired) electrons. The van der Waals surface area contributed by atoms with Gasteiger partial charge in [-0.05, 0) is 37.7 Å². The van der Waals surface area contributed by atoms with Crippen LogP contribution in [0.25, 0.3) is 0 Å². The fourth-order valence-corrected chi connectivity index (χ4v) is 3.64. The average molecular weight is 309 g/mol. The summed E-state index contributed by atoms with van der Waals surface area (Å²) in [5, 5.41) is 0. The van der Waals surface area contributed by atoms with Crippen LogP contribution in [0, 0.1) is 0 Å². The third-order valence-corrected chi connectivity index (χ3v) is 4.96. The van der Waals surface area contributed by atoms with Crippen LogP contribution >= 0.6 is 0 Å². The molecule has 2 rings (SSSR count). The normalized spacial score (nSPS) is 25.3. The summed E-state index contributed by atoms with van der Waals surface area (Å²) in [6, 6.07) is 10.1. The molecule has 1 aromatic carbocycles. The summed E-state index contributed by atoms with van der Waals surface area (Å²) in [5.41, 5.74) is 1.11. The Morgan fingerprint density at radius 3 is 2.67 bits per heavy atom. The van der Waals surface area contributed by atoms with E-state index < -0.39 is 10.5 Å². The predicted molar refractivity (Wildman–Crippen MR) is 82.8 cm³/mol. The van der Waals surface area contributed by atoms with Crippen molar-refractivity contribution >= 4 is 10.5 Å². The van der Waals surface area contributed by atoms with Crippen LogP contribution in [0.3, 0.4) is 0 Å². The van der Waals surface area contributed by atoms with Gasteiger partial charge in [-0.3, -0.25) is 0 Å². The minimum absolute atomic E-state index is 0.0899. The van der Waals surface area contributed by atoms with Gasteiger partial charge in [0.05, 0.1) is 12.1 Å². The first kappa shape index (κ1) is 16.2. The molecule has 0 bridgehead atoms. The molecule has 0 aromatic heterocycles. The molecule has 0 spiro atoms. The smallest absolute Gasteiger partial charge is 0.311 e. The van der Waals surface area contributed by atoms with Gasteiger partial charge in [0, 0.05) is 12.5 Å². The Labute approximate surface area is 128 Å². The Morgan fingerprint density at radius 1 is 1.38 bits per heavy atom. The van der Waals surface area contributed by atoms with Crippen molar-refractivity contribution < 1.29 is 13.2 Å². The van der Waals surface area contributed by atoms with Gasteiger partial charge in [0.2, 0.25) is 0 Å². The van der Waals surface area contributed by atoms with Gasteiger partial charge in [-0.25, -0.2) is 0 Å². The number of methoxy groups -OCH3 is 1. The second kappa shape index (κ2) is 7.18. The molecule has 0 N–H and O–H groups in total. The lowest BCUT2D eigenvalue weighted by Crippen LogP contribution is -2.14. The maximum Gasteiger partial charge on any atom is 0.311 e. The zero-order valence-electron chi connectivity index (χ0n) is 12.7. The van der Waals surface area contributed by atoms with Crippen molar-refractivity contribution in [3.8, 4) is 0 Å². The van der Waals surface area contributed by atoms with Gasteiger partial charge in [0.15, 0.2) is 0 Å². The molecule has 3 unspecified atom stereocenters. The van der Waals surface area contributed by atoms with Crippen molar-refractivity contribution in [2.75, 3.05) is 7.11 Å². The second-order valence-corrected chi connectivity index (χ2v) is 6.37. The highest BCUT2D eigenvalue weighted by Gasteiger charge is 2.55. The molecule has 0 aliphatic heterocycles. The number of hydrogen-bond acceptors (Lipinski definition) is 4. The van der Waals surface area contributed by atoms with Crippen molar-refractivity contribution in [2.45, 2.75) is 56.6 Å². The van der Waals surface area contributed by atoms with Gasteiger partial charge >= 0.3 is 10.5 Å². The van der Waals surface area contributed by atoms with Crippen molar-refractivity contribution in [1.82, 2.24) is 0 Å². The topological polar surface area (TPSA) is 55.7 Å². The van der Waals surface area contributed by atoms with E-state index in [-0.39, 0.29) is 11.5 Å². The lowest BCUT2D eigenvalue weighted by molar-refractivity contribution is 0.0891. The number of benzene rings is 1. The summed E-state index contributed by atoms with van der Waals surface area (Å²) >= 11 is 0. The first-order chi connectivity index (χ1) is 10.1. The van der Waals surface area contributed by atoms with Crippen LogP contribution in [0.5, 0.6) is 0 Å². The number of ether oxygens (including phenoxy) is 1. The maximum atomic E-state index is 10.9. The lowest BCUT2D eigenvalue weighted by atomic mass is 9.89. The molecule has 4 nitrogen and oxygen atoms in total. The van der Waals surface area contributed by atoms with Crippen LogP contribution in [0.15, 0.2) is 34.7 Å². The van der Waals surface area contributed by atoms with E-state index in [2.05, 4.69) is 23.4 Å². The minimum Gasteiger partial charge on any atom is -0.381 e. The van der Waals surface area contributed by atoms with Crippen molar-refractivity contribution in [3.63, 3.8) is 0 Å². The van der Waals surface area contributed by atoms with E-state index in [0.717, 1.165) is 32.1 Å². The van der Waals surface area contributed by atoms with Crippen LogP contribution in [0.2, 0.25) is 0 Å². The molecule has 0 saturated heterocycles. The van der Waals surface area contributed by atoms with Crippen molar-refractivity contribution in [3.05, 3.63) is 35.9 Å². The van der Waals surface area contributed by atoms with Crippen LogP contribution in [0.4, 0.5) is 0 Å². The number of hydrogen-bond donors (Lipinski definition) is 0. The number of rotatable bonds is 8. The van der Waals surface area contributed by atoms with Gasteiger partial charge in [0.1, 0.15) is 0 Å². The Hall–Kier alpha value is -1.20. The summed E-state index contributed by atoms with van der Waals surface area (Å²) in [7, 11) is -0.574. The summed E-state index contributed by atoms with van der Waals surface area (Å²) in [5.74, 6) is 0. The quantitative estimate of drug-likeness (QED) is 0.740. The molecule has 1 aromatic rings. The highest BCUT2D eigenvalue weighted by molar-refractivity contribution is 7.61. The van der Waals surface area contributed by atoms with Gasteiger partial charge < -0.3 is 4.74 Å². The SMILES string of the molecule is CCC(CCCC1(c2ccccc2)CC1N=S(=O)=O)OC. The highest BCUT2D eigenvalue weighted by Crippen LogP contribution is 2.54. The lowest BCUT2D eigenvalue weighted by Gasteiger charge is -2.18. The first-order valence-corrected chi connectivity index (χ1v) is 8.54. The molecular weight excluding hydrogens is 286 g/mol. The highest BCUT2D eigenvalue weighted by atomic mass is 32.2. The van der Waals surface area contributed by atoms with E-state index in [4.69, 9.17) is 4.74 Å². The maximum absolute atomic E-state index is 10.9. The third-order valence-electron chi connectivity index (χ3n) is 4.54. The van der Waals surface area contributed by atoms with E-state index in [1.807, 2.05) is 18.2 Å². The summed E-state index contributed by atoms with van der Waals surface area (Å²) in [6.45, 7) is 2.12. The van der Waals surface area contributed by atoms with Gasteiger partial charge in [-0.1, -0.05) is 37.3 Å². The van der Waals surface area contributed by atoms with Crippen LogP contribution in [-0.2, 0) is 20.7 Å². The fourth-order valence-electron chi connectivity index (χ4n) is 3.16. The molecule has 1 aliphatic rings. The largest absolute Gasteiger partial charge is 0.381 e. The Balaban J connectivity index is 2.07. The average Bonchev–Trinajstić information content (AvgIpc) is 3.18. The molecule has 0 amide bonds. The van der Waals surface area contributed by atoms with E-state index >= 15 is 0 Å². The predicted octanol–water partition coefficient (Wildman–Crippen LogP) is 3.35. The summed E-state index contributed by atoms with van der Waals surface area (Å²) < 4.78 is 31.0. The number of nitrogens with zero attached hydrogens (tertiary/aromatic N) is 1. The van der Waals surface area contributed by atoms with E-state index in [1.54, 1.807) is 7.11 Å². The van der Waals surface area contributed by atoms with Crippen LogP contribution < -0.4 is 0 Å². The minimum atomic E-state index is -2.32. The molecule has 21 heavy (non-hydrogen) atoms. The Morgan fingerprint density at radius 2 is 2.10 bits per heavy atom. The Kier molecular flexibility index (Phi) is 5.53. The monoisotopic (exact) mass is 309 g/mol. The van der Waals surface area contributed by atoms with Crippen LogP contribution in [0.1, 0.15) is 44.6 Å².